The van der Waals surface area contributed by atoms with E-state index in [2.05, 4.69) is 20.7 Å². The van der Waals surface area contributed by atoms with E-state index >= 15 is 0 Å². The maximum absolute atomic E-state index is 4.38. The van der Waals surface area contributed by atoms with Gasteiger partial charge in [-0.3, -0.25) is 4.99 Å². The molecule has 0 fully saturated rings. The van der Waals surface area contributed by atoms with E-state index in [0.29, 0.717) is 0 Å². The molecule has 0 atom stereocenters. The van der Waals surface area contributed by atoms with Gasteiger partial charge in [0.05, 0.1) is 11.9 Å². The zero-order chi connectivity index (χ0) is 12.9. The maximum Gasteiger partial charge on any atom is 0.191 e. The van der Waals surface area contributed by atoms with E-state index in [1.165, 1.54) is 0 Å². The lowest BCUT2D eigenvalue weighted by Crippen LogP contribution is -2.40. The Morgan fingerprint density at radius 1 is 1.25 bits per heavy atom. The Hall–Kier alpha value is -1.57. The molecule has 0 saturated heterocycles. The van der Waals surface area contributed by atoms with Crippen molar-refractivity contribution in [3.05, 3.63) is 48.3 Å². The molecule has 0 saturated carbocycles. The van der Waals surface area contributed by atoms with Crippen LogP contribution in [0.2, 0.25) is 0 Å². The zero-order valence-electron chi connectivity index (χ0n) is 11.1. The van der Waals surface area contributed by atoms with Gasteiger partial charge in [0.15, 0.2) is 5.96 Å². The Balaban J connectivity index is 0.00000147. The second-order valence-electron chi connectivity index (χ2n) is 4.49. The van der Waals surface area contributed by atoms with E-state index in [1.807, 2.05) is 47.4 Å². The molecule has 6 heteroatoms. The Labute approximate surface area is 135 Å². The summed E-state index contributed by atoms with van der Waals surface area (Å²) >= 11 is 0. The van der Waals surface area contributed by atoms with Crippen molar-refractivity contribution in [2.75, 3.05) is 13.1 Å². The van der Waals surface area contributed by atoms with Crippen LogP contribution in [0.3, 0.4) is 0 Å². The van der Waals surface area contributed by atoms with Gasteiger partial charge in [-0.05, 0) is 18.6 Å². The van der Waals surface area contributed by atoms with Crippen LogP contribution >= 0.6 is 24.0 Å². The molecule has 0 bridgehead atoms. The van der Waals surface area contributed by atoms with Crippen molar-refractivity contribution in [1.82, 2.24) is 20.4 Å². The van der Waals surface area contributed by atoms with E-state index in [-0.39, 0.29) is 24.0 Å². The number of halogens is 1. The van der Waals surface area contributed by atoms with Gasteiger partial charge in [0, 0.05) is 31.4 Å². The largest absolute Gasteiger partial charge is 0.356 e. The standard InChI is InChI=1S/C14H17N5.HI/c1-2-5-13(6-3-1)19-11-12(10-18-19)9-17-14-15-7-4-8-16-14;/h1-3,5-6,10-11H,4,7-9H2,(H2,15,16,17);1H. The number of nitrogens with one attached hydrogen (secondary N) is 2. The topological polar surface area (TPSA) is 54.2 Å². The summed E-state index contributed by atoms with van der Waals surface area (Å²) in [7, 11) is 0. The molecule has 2 heterocycles. The van der Waals surface area contributed by atoms with Crippen LogP contribution < -0.4 is 10.6 Å². The van der Waals surface area contributed by atoms with Crippen molar-refractivity contribution in [2.24, 2.45) is 4.99 Å². The highest BCUT2D eigenvalue weighted by Crippen LogP contribution is 2.07. The first-order valence-electron chi connectivity index (χ1n) is 6.53. The van der Waals surface area contributed by atoms with Crippen LogP contribution in [0.1, 0.15) is 12.0 Å². The van der Waals surface area contributed by atoms with Gasteiger partial charge in [-0.25, -0.2) is 4.68 Å². The third kappa shape index (κ3) is 3.72. The second-order valence-corrected chi connectivity index (χ2v) is 4.49. The lowest BCUT2D eigenvalue weighted by atomic mass is 10.3. The normalized spacial score (nSPS) is 13.9. The van der Waals surface area contributed by atoms with E-state index < -0.39 is 0 Å². The number of aromatic nitrogens is 2. The Morgan fingerprint density at radius 3 is 2.85 bits per heavy atom. The second kappa shape index (κ2) is 7.28. The average Bonchev–Trinajstić information content (AvgIpc) is 2.96. The first-order valence-corrected chi connectivity index (χ1v) is 6.53. The van der Waals surface area contributed by atoms with Crippen LogP contribution in [0.25, 0.3) is 5.69 Å². The minimum absolute atomic E-state index is 0. The molecule has 2 N–H and O–H groups in total. The van der Waals surface area contributed by atoms with Gasteiger partial charge in [-0.15, -0.1) is 24.0 Å². The predicted octanol–water partition coefficient (Wildman–Crippen LogP) is 1.93. The molecule has 0 radical (unpaired) electrons. The van der Waals surface area contributed by atoms with Crippen molar-refractivity contribution in [1.29, 1.82) is 0 Å². The summed E-state index contributed by atoms with van der Waals surface area (Å²) in [6, 6.07) is 10.1. The molecule has 1 aliphatic heterocycles. The molecule has 1 aromatic heterocycles. The highest BCUT2D eigenvalue weighted by atomic mass is 127. The van der Waals surface area contributed by atoms with Crippen LogP contribution in [-0.2, 0) is 6.54 Å². The van der Waals surface area contributed by atoms with Gasteiger partial charge in [-0.2, -0.15) is 5.10 Å². The lowest BCUT2D eigenvalue weighted by molar-refractivity contribution is 0.702. The zero-order valence-corrected chi connectivity index (χ0v) is 13.5. The molecule has 3 rings (SSSR count). The van der Waals surface area contributed by atoms with Crippen molar-refractivity contribution in [3.63, 3.8) is 0 Å². The summed E-state index contributed by atoms with van der Waals surface area (Å²) in [5, 5.41) is 10.9. The van der Waals surface area contributed by atoms with E-state index in [1.54, 1.807) is 0 Å². The van der Waals surface area contributed by atoms with Crippen molar-refractivity contribution >= 4 is 29.9 Å². The molecule has 0 unspecified atom stereocenters. The number of hydrogen-bond donors (Lipinski definition) is 2. The Kier molecular flexibility index (Phi) is 5.40. The lowest BCUT2D eigenvalue weighted by Gasteiger charge is -2.15. The van der Waals surface area contributed by atoms with Crippen LogP contribution in [-0.4, -0.2) is 28.8 Å². The predicted molar refractivity (Wildman–Crippen MR) is 90.7 cm³/mol. The SMILES string of the molecule is I.c1ccc(-n2cc(CNC3=NCCCN3)cn2)cc1. The van der Waals surface area contributed by atoms with Crippen molar-refractivity contribution in [3.8, 4) is 5.69 Å². The fraction of sp³-hybridized carbons (Fsp3) is 0.286. The molecule has 1 aromatic carbocycles. The Bertz CT molecular complexity index is 564. The number of aliphatic imine (C=N–C) groups is 1. The summed E-state index contributed by atoms with van der Waals surface area (Å²) < 4.78 is 1.88. The molecule has 2 aromatic rings. The van der Waals surface area contributed by atoms with Gasteiger partial charge in [0.2, 0.25) is 0 Å². The summed E-state index contributed by atoms with van der Waals surface area (Å²) in [4.78, 5) is 4.38. The van der Waals surface area contributed by atoms with Crippen LogP contribution in [0.4, 0.5) is 0 Å². The fourth-order valence-electron chi connectivity index (χ4n) is 2.01. The molecule has 1 aliphatic rings. The molecular formula is C14H18IN5. The smallest absolute Gasteiger partial charge is 0.191 e. The van der Waals surface area contributed by atoms with Crippen LogP contribution in [0, 0.1) is 0 Å². The number of hydrogen-bond acceptors (Lipinski definition) is 4. The number of para-hydroxylation sites is 1. The quantitative estimate of drug-likeness (QED) is 0.797. The molecule has 20 heavy (non-hydrogen) atoms. The van der Waals surface area contributed by atoms with Gasteiger partial charge in [0.25, 0.3) is 0 Å². The minimum Gasteiger partial charge on any atom is -0.356 e. The first-order chi connectivity index (χ1) is 9.42. The van der Waals surface area contributed by atoms with E-state index in [4.69, 9.17) is 0 Å². The summed E-state index contributed by atoms with van der Waals surface area (Å²) in [5.41, 5.74) is 2.21. The molecule has 5 nitrogen and oxygen atoms in total. The highest BCUT2D eigenvalue weighted by Gasteiger charge is 2.04. The summed E-state index contributed by atoms with van der Waals surface area (Å²) in [6.45, 7) is 2.63. The molecule has 106 valence electrons. The monoisotopic (exact) mass is 383 g/mol. The maximum atomic E-state index is 4.38. The molecular weight excluding hydrogens is 365 g/mol. The van der Waals surface area contributed by atoms with E-state index in [9.17, 15) is 0 Å². The van der Waals surface area contributed by atoms with Crippen LogP contribution in [0.15, 0.2) is 47.7 Å². The van der Waals surface area contributed by atoms with Gasteiger partial charge in [0.1, 0.15) is 0 Å². The molecule has 0 amide bonds. The third-order valence-corrected chi connectivity index (χ3v) is 3.01. The Morgan fingerprint density at radius 2 is 2.10 bits per heavy atom. The average molecular weight is 383 g/mol. The van der Waals surface area contributed by atoms with Crippen molar-refractivity contribution in [2.45, 2.75) is 13.0 Å². The van der Waals surface area contributed by atoms with Gasteiger partial charge in [-0.1, -0.05) is 18.2 Å². The number of guanidine groups is 1. The van der Waals surface area contributed by atoms with E-state index in [0.717, 1.165) is 43.3 Å². The highest BCUT2D eigenvalue weighted by molar-refractivity contribution is 14.0. The fourth-order valence-corrected chi connectivity index (χ4v) is 2.01. The summed E-state index contributed by atoms with van der Waals surface area (Å²) in [6.07, 6.45) is 5.02. The summed E-state index contributed by atoms with van der Waals surface area (Å²) in [5.74, 6) is 0.888. The van der Waals surface area contributed by atoms with Crippen LogP contribution in [0.5, 0.6) is 0 Å². The third-order valence-electron chi connectivity index (χ3n) is 3.01. The van der Waals surface area contributed by atoms with Crippen molar-refractivity contribution < 1.29 is 0 Å². The number of rotatable bonds is 3. The number of nitrogens with zero attached hydrogens (tertiary/aromatic N) is 3. The molecule has 0 aliphatic carbocycles. The van der Waals surface area contributed by atoms with Gasteiger partial charge >= 0.3 is 0 Å². The van der Waals surface area contributed by atoms with Gasteiger partial charge < -0.3 is 10.6 Å². The first kappa shape index (κ1) is 14.8. The number of benzene rings is 1. The molecule has 0 spiro atoms. The minimum atomic E-state index is 0.